The summed E-state index contributed by atoms with van der Waals surface area (Å²) >= 11 is 0. The molecular weight excluding hydrogens is 516 g/mol. The third-order valence-electron chi connectivity index (χ3n) is 7.92. The lowest BCUT2D eigenvalue weighted by Gasteiger charge is -2.28. The van der Waals surface area contributed by atoms with Gasteiger partial charge in [0.05, 0.1) is 24.4 Å². The van der Waals surface area contributed by atoms with Gasteiger partial charge >= 0.3 is 0 Å². The number of ether oxygens (including phenoxy) is 1. The van der Waals surface area contributed by atoms with Crippen LogP contribution in [-0.2, 0) is 24.7 Å². The van der Waals surface area contributed by atoms with E-state index in [2.05, 4.69) is 28.8 Å². The van der Waals surface area contributed by atoms with Crippen LogP contribution in [0.1, 0.15) is 56.9 Å². The van der Waals surface area contributed by atoms with Gasteiger partial charge in [-0.25, -0.2) is 9.83 Å². The molecule has 1 saturated heterocycles. The lowest BCUT2D eigenvalue weighted by atomic mass is 9.90. The van der Waals surface area contributed by atoms with Crippen LogP contribution in [0, 0.1) is 19.4 Å². The molecule has 3 heterocycles. The standard InChI is InChI=1S/C32H36N6O3/c1-7-10-25-29-30(37(6)36-25)32(40)35-31(34-29)23-17-20(11-14-27(23)41-9-3)16-21-18-28(39)38(26(21)8-2)22-12-13-24(33-5)19(4)15-22/h11-15,17,21,26H,7-10,16,18H2,1-4,6H3,(H,34,35,40)/t21-,26+/m0/s1. The van der Waals surface area contributed by atoms with Crippen LogP contribution >= 0.6 is 0 Å². The Labute approximate surface area is 240 Å². The van der Waals surface area contributed by atoms with Crippen molar-refractivity contribution >= 4 is 28.3 Å². The second-order valence-electron chi connectivity index (χ2n) is 10.7. The number of aryl methyl sites for hydroxylation is 3. The Morgan fingerprint density at radius 3 is 2.63 bits per heavy atom. The second-order valence-corrected chi connectivity index (χ2v) is 10.7. The van der Waals surface area contributed by atoms with Gasteiger partial charge in [-0.2, -0.15) is 5.10 Å². The Morgan fingerprint density at radius 2 is 1.95 bits per heavy atom. The molecule has 0 unspecified atom stereocenters. The molecule has 1 aliphatic rings. The summed E-state index contributed by atoms with van der Waals surface area (Å²) in [5, 5.41) is 4.54. The molecule has 2 aromatic heterocycles. The molecule has 9 nitrogen and oxygen atoms in total. The van der Waals surface area contributed by atoms with Crippen LogP contribution in [0.15, 0.2) is 41.2 Å². The van der Waals surface area contributed by atoms with Crippen LogP contribution in [0.2, 0.25) is 0 Å². The van der Waals surface area contributed by atoms with E-state index in [1.165, 1.54) is 0 Å². The van der Waals surface area contributed by atoms with Crippen molar-refractivity contribution in [3.63, 3.8) is 0 Å². The number of fused-ring (bicyclic) bond motifs is 1. The van der Waals surface area contributed by atoms with Crippen LogP contribution in [-0.4, -0.2) is 38.3 Å². The molecule has 212 valence electrons. The molecule has 0 saturated carbocycles. The van der Waals surface area contributed by atoms with Gasteiger partial charge in [0.1, 0.15) is 17.1 Å². The Bertz CT molecular complexity index is 1710. The average Bonchev–Trinajstić information content (AvgIpc) is 3.44. The van der Waals surface area contributed by atoms with Gasteiger partial charge in [-0.1, -0.05) is 32.4 Å². The number of rotatable bonds is 9. The first-order valence-electron chi connectivity index (χ1n) is 14.3. The fourth-order valence-corrected chi connectivity index (χ4v) is 6.08. The van der Waals surface area contributed by atoms with E-state index in [9.17, 15) is 9.59 Å². The minimum Gasteiger partial charge on any atom is -0.493 e. The number of carbonyl (C=O) groups is 1. The quantitative estimate of drug-likeness (QED) is 0.261. The summed E-state index contributed by atoms with van der Waals surface area (Å²) in [5.41, 5.74) is 5.72. The normalized spacial score (nSPS) is 16.9. The molecule has 5 rings (SSSR count). The zero-order chi connectivity index (χ0) is 29.3. The first-order chi connectivity index (χ1) is 19.8. The predicted octanol–water partition coefficient (Wildman–Crippen LogP) is 5.91. The molecule has 1 N–H and O–H groups in total. The fraction of sp³-hybridized carbons (Fsp3) is 0.406. The summed E-state index contributed by atoms with van der Waals surface area (Å²) in [6.45, 7) is 15.8. The van der Waals surface area contributed by atoms with Gasteiger partial charge < -0.3 is 14.6 Å². The average molecular weight is 553 g/mol. The van der Waals surface area contributed by atoms with E-state index >= 15 is 0 Å². The van der Waals surface area contributed by atoms with Crippen molar-refractivity contribution in [2.45, 2.75) is 65.8 Å². The molecule has 2 aromatic carbocycles. The van der Waals surface area contributed by atoms with Gasteiger partial charge in [0.25, 0.3) is 5.56 Å². The number of anilines is 1. The van der Waals surface area contributed by atoms with E-state index in [4.69, 9.17) is 16.3 Å². The van der Waals surface area contributed by atoms with Crippen LogP contribution in [0.3, 0.4) is 0 Å². The second kappa shape index (κ2) is 11.6. The summed E-state index contributed by atoms with van der Waals surface area (Å²) in [4.78, 5) is 39.7. The molecule has 2 atom stereocenters. The summed E-state index contributed by atoms with van der Waals surface area (Å²) < 4.78 is 7.55. The third kappa shape index (κ3) is 5.22. The molecule has 1 fully saturated rings. The van der Waals surface area contributed by atoms with Crippen molar-refractivity contribution < 1.29 is 9.53 Å². The van der Waals surface area contributed by atoms with Gasteiger partial charge in [-0.05, 0) is 74.4 Å². The number of amides is 1. The summed E-state index contributed by atoms with van der Waals surface area (Å²) in [6.07, 6.45) is 3.59. The maximum Gasteiger partial charge on any atom is 0.277 e. The highest BCUT2D eigenvalue weighted by Crippen LogP contribution is 2.38. The van der Waals surface area contributed by atoms with Crippen LogP contribution in [0.5, 0.6) is 5.75 Å². The van der Waals surface area contributed by atoms with E-state index in [1.807, 2.05) is 49.1 Å². The predicted molar refractivity (Wildman–Crippen MR) is 161 cm³/mol. The lowest BCUT2D eigenvalue weighted by molar-refractivity contribution is -0.117. The Kier molecular flexibility index (Phi) is 7.93. The molecular formula is C32H36N6O3. The van der Waals surface area contributed by atoms with Crippen molar-refractivity contribution in [3.8, 4) is 17.1 Å². The zero-order valence-corrected chi connectivity index (χ0v) is 24.3. The number of nitrogens with one attached hydrogen (secondary N) is 1. The van der Waals surface area contributed by atoms with E-state index in [1.54, 1.807) is 17.8 Å². The third-order valence-corrected chi connectivity index (χ3v) is 7.92. The minimum absolute atomic E-state index is 0.0389. The van der Waals surface area contributed by atoms with Gasteiger partial charge in [-0.15, -0.1) is 0 Å². The number of aromatic amines is 1. The molecule has 41 heavy (non-hydrogen) atoms. The van der Waals surface area contributed by atoms with Crippen molar-refractivity contribution in [2.24, 2.45) is 13.0 Å². The number of benzene rings is 2. The van der Waals surface area contributed by atoms with E-state index in [0.717, 1.165) is 41.8 Å². The molecule has 0 bridgehead atoms. The highest BCUT2D eigenvalue weighted by molar-refractivity contribution is 5.97. The Hall–Kier alpha value is -4.45. The maximum absolute atomic E-state index is 13.3. The molecule has 9 heteroatoms. The fourth-order valence-electron chi connectivity index (χ4n) is 6.08. The van der Waals surface area contributed by atoms with E-state index in [-0.39, 0.29) is 23.4 Å². The topological polar surface area (TPSA) is 97.5 Å². The van der Waals surface area contributed by atoms with Crippen molar-refractivity contribution in [2.75, 3.05) is 11.5 Å². The van der Waals surface area contributed by atoms with Gasteiger partial charge in [0.2, 0.25) is 5.91 Å². The number of hydrogen-bond donors (Lipinski definition) is 1. The van der Waals surface area contributed by atoms with Gasteiger partial charge in [0, 0.05) is 25.2 Å². The van der Waals surface area contributed by atoms with Gasteiger partial charge in [-0.3, -0.25) is 14.3 Å². The van der Waals surface area contributed by atoms with Crippen LogP contribution in [0.25, 0.3) is 27.3 Å². The monoisotopic (exact) mass is 552 g/mol. The number of carbonyl (C=O) groups excluding carboxylic acids is 1. The van der Waals surface area contributed by atoms with Gasteiger partial charge in [0.15, 0.2) is 11.2 Å². The molecule has 0 radical (unpaired) electrons. The molecule has 1 aliphatic heterocycles. The SMILES string of the molecule is [C-]#[N+]c1ccc(N2C(=O)C[C@H](Cc3ccc(OCC)c(-c4nc5c(CCC)nn(C)c5c(=O)[nH]4)c3)[C@H]2CC)cc1C. The molecule has 4 aromatic rings. The largest absolute Gasteiger partial charge is 0.493 e. The minimum atomic E-state index is -0.238. The first-order valence-corrected chi connectivity index (χ1v) is 14.3. The van der Waals surface area contributed by atoms with Crippen molar-refractivity contribution in [3.05, 3.63) is 75.0 Å². The summed E-state index contributed by atoms with van der Waals surface area (Å²) in [5.74, 6) is 1.30. The summed E-state index contributed by atoms with van der Waals surface area (Å²) in [6, 6.07) is 11.6. The molecule has 1 amide bonds. The Morgan fingerprint density at radius 1 is 1.15 bits per heavy atom. The first kappa shape index (κ1) is 28.1. The number of H-pyrrole nitrogens is 1. The van der Waals surface area contributed by atoms with E-state index < -0.39 is 0 Å². The molecule has 0 spiro atoms. The zero-order valence-electron chi connectivity index (χ0n) is 24.3. The van der Waals surface area contributed by atoms with Crippen LogP contribution < -0.4 is 15.2 Å². The number of aromatic nitrogens is 4. The highest BCUT2D eigenvalue weighted by atomic mass is 16.5. The molecule has 0 aliphatic carbocycles. The lowest BCUT2D eigenvalue weighted by Crippen LogP contribution is -2.35. The van der Waals surface area contributed by atoms with Crippen molar-refractivity contribution in [1.29, 1.82) is 0 Å². The maximum atomic E-state index is 13.3. The summed E-state index contributed by atoms with van der Waals surface area (Å²) in [7, 11) is 1.76. The smallest absolute Gasteiger partial charge is 0.277 e. The van der Waals surface area contributed by atoms with E-state index in [0.29, 0.717) is 53.3 Å². The highest BCUT2D eigenvalue weighted by Gasteiger charge is 2.39. The van der Waals surface area contributed by atoms with Crippen molar-refractivity contribution in [1.82, 2.24) is 19.7 Å². The number of nitrogens with zero attached hydrogens (tertiary/aromatic N) is 5. The number of hydrogen-bond acceptors (Lipinski definition) is 5. The van der Waals surface area contributed by atoms with Crippen LogP contribution in [0.4, 0.5) is 11.4 Å². The Balaban J connectivity index is 1.51.